The molecule has 0 N–H and O–H groups in total. The Morgan fingerprint density at radius 3 is 2.79 bits per heavy atom. The maximum Gasteiger partial charge on any atom is 0.238 e. The summed E-state index contributed by atoms with van der Waals surface area (Å²) in [5, 5.41) is 3.82. The van der Waals surface area contributed by atoms with Gasteiger partial charge in [0.2, 0.25) is 17.6 Å². The second-order valence-electron chi connectivity index (χ2n) is 4.06. The van der Waals surface area contributed by atoms with Crippen LogP contribution in [0.3, 0.4) is 0 Å². The standard InChI is InChI=1S/C13H17N3O3/c1-3-16(4-2)12(17)8-7-11-14-13(15-19-11)10-6-5-9-18-10/h5-6,9H,3-4,7-8H2,1-2H3. The summed E-state index contributed by atoms with van der Waals surface area (Å²) in [7, 11) is 0. The zero-order valence-corrected chi connectivity index (χ0v) is 11.1. The maximum absolute atomic E-state index is 11.8. The van der Waals surface area contributed by atoms with Crippen molar-refractivity contribution in [3.05, 3.63) is 24.3 Å². The van der Waals surface area contributed by atoms with Gasteiger partial charge in [-0.2, -0.15) is 4.98 Å². The number of carbonyl (C=O) groups excluding carboxylic acids is 1. The smallest absolute Gasteiger partial charge is 0.238 e. The fourth-order valence-corrected chi connectivity index (χ4v) is 1.81. The van der Waals surface area contributed by atoms with Gasteiger partial charge in [-0.05, 0) is 26.0 Å². The Kier molecular flexibility index (Phi) is 4.33. The molecular weight excluding hydrogens is 246 g/mol. The third-order valence-electron chi connectivity index (χ3n) is 2.88. The van der Waals surface area contributed by atoms with E-state index < -0.39 is 0 Å². The first-order valence-corrected chi connectivity index (χ1v) is 6.38. The monoisotopic (exact) mass is 263 g/mol. The van der Waals surface area contributed by atoms with Crippen LogP contribution in [0.5, 0.6) is 0 Å². The first-order chi connectivity index (χ1) is 9.24. The van der Waals surface area contributed by atoms with E-state index in [2.05, 4.69) is 10.1 Å². The highest BCUT2D eigenvalue weighted by molar-refractivity contribution is 5.76. The van der Waals surface area contributed by atoms with Crippen molar-refractivity contribution in [3.63, 3.8) is 0 Å². The first kappa shape index (κ1) is 13.3. The summed E-state index contributed by atoms with van der Waals surface area (Å²) in [6, 6.07) is 3.52. The molecule has 19 heavy (non-hydrogen) atoms. The third kappa shape index (κ3) is 3.21. The van der Waals surface area contributed by atoms with Crippen LogP contribution in [0.4, 0.5) is 0 Å². The van der Waals surface area contributed by atoms with Crippen LogP contribution in [-0.2, 0) is 11.2 Å². The van der Waals surface area contributed by atoms with Crippen molar-refractivity contribution in [2.45, 2.75) is 26.7 Å². The summed E-state index contributed by atoms with van der Waals surface area (Å²) in [5.74, 6) is 1.52. The number of carbonyl (C=O) groups is 1. The van der Waals surface area contributed by atoms with E-state index >= 15 is 0 Å². The highest BCUT2D eigenvalue weighted by atomic mass is 16.5. The minimum Gasteiger partial charge on any atom is -0.461 e. The van der Waals surface area contributed by atoms with Crippen molar-refractivity contribution in [3.8, 4) is 11.6 Å². The van der Waals surface area contributed by atoms with Crippen molar-refractivity contribution < 1.29 is 13.7 Å². The van der Waals surface area contributed by atoms with Crippen LogP contribution in [0, 0.1) is 0 Å². The lowest BCUT2D eigenvalue weighted by molar-refractivity contribution is -0.130. The summed E-state index contributed by atoms with van der Waals surface area (Å²) in [4.78, 5) is 17.8. The quantitative estimate of drug-likeness (QED) is 0.798. The predicted molar refractivity (Wildman–Crippen MR) is 68.2 cm³/mol. The van der Waals surface area contributed by atoms with Gasteiger partial charge in [0.05, 0.1) is 6.26 Å². The van der Waals surface area contributed by atoms with Crippen molar-refractivity contribution in [1.29, 1.82) is 0 Å². The van der Waals surface area contributed by atoms with Gasteiger partial charge in [-0.3, -0.25) is 4.79 Å². The minimum atomic E-state index is 0.0998. The molecule has 2 aromatic heterocycles. The van der Waals surface area contributed by atoms with Crippen molar-refractivity contribution >= 4 is 5.91 Å². The Morgan fingerprint density at radius 2 is 2.16 bits per heavy atom. The van der Waals surface area contributed by atoms with Gasteiger partial charge in [0.15, 0.2) is 5.76 Å². The lowest BCUT2D eigenvalue weighted by Crippen LogP contribution is -2.30. The highest BCUT2D eigenvalue weighted by Gasteiger charge is 2.14. The summed E-state index contributed by atoms with van der Waals surface area (Å²) < 4.78 is 10.3. The molecule has 0 spiro atoms. The van der Waals surface area contributed by atoms with Gasteiger partial charge in [0.1, 0.15) is 0 Å². The largest absolute Gasteiger partial charge is 0.461 e. The topological polar surface area (TPSA) is 72.4 Å². The predicted octanol–water partition coefficient (Wildman–Crippen LogP) is 2.13. The van der Waals surface area contributed by atoms with Crippen molar-refractivity contribution in [2.75, 3.05) is 13.1 Å². The Balaban J connectivity index is 1.92. The van der Waals surface area contributed by atoms with Gasteiger partial charge in [0, 0.05) is 25.9 Å². The number of hydrogen-bond donors (Lipinski definition) is 0. The molecular formula is C13H17N3O3. The molecule has 0 aliphatic heterocycles. The Bertz CT molecular complexity index is 515. The molecule has 0 bridgehead atoms. The molecule has 0 saturated heterocycles. The highest BCUT2D eigenvalue weighted by Crippen LogP contribution is 2.16. The molecule has 2 heterocycles. The molecule has 0 aliphatic rings. The molecule has 0 saturated carbocycles. The second kappa shape index (κ2) is 6.17. The first-order valence-electron chi connectivity index (χ1n) is 6.38. The number of aromatic nitrogens is 2. The molecule has 2 aromatic rings. The van der Waals surface area contributed by atoms with E-state index in [-0.39, 0.29) is 5.91 Å². The lowest BCUT2D eigenvalue weighted by Gasteiger charge is -2.17. The van der Waals surface area contributed by atoms with Gasteiger partial charge in [-0.25, -0.2) is 0 Å². The van der Waals surface area contributed by atoms with Gasteiger partial charge in [-0.1, -0.05) is 5.16 Å². The molecule has 0 aliphatic carbocycles. The van der Waals surface area contributed by atoms with E-state index in [1.807, 2.05) is 13.8 Å². The molecule has 2 rings (SSSR count). The number of rotatable bonds is 6. The molecule has 0 unspecified atom stereocenters. The third-order valence-corrected chi connectivity index (χ3v) is 2.88. The summed E-state index contributed by atoms with van der Waals surface area (Å²) >= 11 is 0. The van der Waals surface area contributed by atoms with E-state index in [4.69, 9.17) is 8.94 Å². The van der Waals surface area contributed by atoms with Crippen LogP contribution in [0.25, 0.3) is 11.6 Å². The molecule has 6 nitrogen and oxygen atoms in total. The van der Waals surface area contributed by atoms with Gasteiger partial charge in [-0.15, -0.1) is 0 Å². The zero-order chi connectivity index (χ0) is 13.7. The fourth-order valence-electron chi connectivity index (χ4n) is 1.81. The fraction of sp³-hybridized carbons (Fsp3) is 0.462. The van der Waals surface area contributed by atoms with E-state index in [9.17, 15) is 4.79 Å². The zero-order valence-electron chi connectivity index (χ0n) is 11.1. The molecule has 0 radical (unpaired) electrons. The van der Waals surface area contributed by atoms with Crippen LogP contribution in [0.15, 0.2) is 27.3 Å². The molecule has 6 heteroatoms. The number of nitrogens with zero attached hydrogens (tertiary/aromatic N) is 3. The summed E-state index contributed by atoms with van der Waals surface area (Å²) in [6.45, 7) is 5.36. The van der Waals surface area contributed by atoms with Crippen LogP contribution < -0.4 is 0 Å². The van der Waals surface area contributed by atoms with E-state index in [1.165, 1.54) is 0 Å². The average Bonchev–Trinajstić information content (AvgIpc) is 3.08. The van der Waals surface area contributed by atoms with Crippen molar-refractivity contribution in [1.82, 2.24) is 15.0 Å². The molecule has 0 atom stereocenters. The Hall–Kier alpha value is -2.11. The average molecular weight is 263 g/mol. The second-order valence-corrected chi connectivity index (χ2v) is 4.06. The van der Waals surface area contributed by atoms with Gasteiger partial charge in [0.25, 0.3) is 0 Å². The number of amides is 1. The molecule has 0 fully saturated rings. The van der Waals surface area contributed by atoms with Crippen molar-refractivity contribution in [2.24, 2.45) is 0 Å². The minimum absolute atomic E-state index is 0.0998. The summed E-state index contributed by atoms with van der Waals surface area (Å²) in [5.41, 5.74) is 0. The van der Waals surface area contributed by atoms with Crippen LogP contribution in [-0.4, -0.2) is 34.0 Å². The SMILES string of the molecule is CCN(CC)C(=O)CCc1nc(-c2ccco2)no1. The normalized spacial score (nSPS) is 10.6. The number of hydrogen-bond acceptors (Lipinski definition) is 5. The molecule has 102 valence electrons. The van der Waals surface area contributed by atoms with E-state index in [0.717, 1.165) is 13.1 Å². The lowest BCUT2D eigenvalue weighted by atomic mass is 10.2. The van der Waals surface area contributed by atoms with E-state index in [0.29, 0.717) is 30.3 Å². The number of furan rings is 1. The Morgan fingerprint density at radius 1 is 1.37 bits per heavy atom. The van der Waals surface area contributed by atoms with E-state index in [1.54, 1.807) is 23.3 Å². The molecule has 0 aromatic carbocycles. The van der Waals surface area contributed by atoms with Crippen LogP contribution in [0.1, 0.15) is 26.2 Å². The number of aryl methyl sites for hydroxylation is 1. The summed E-state index contributed by atoms with van der Waals surface area (Å²) in [6.07, 6.45) is 2.37. The van der Waals surface area contributed by atoms with Gasteiger partial charge < -0.3 is 13.8 Å². The van der Waals surface area contributed by atoms with Crippen LogP contribution in [0.2, 0.25) is 0 Å². The van der Waals surface area contributed by atoms with Crippen LogP contribution >= 0.6 is 0 Å². The molecule has 1 amide bonds. The maximum atomic E-state index is 11.8. The van der Waals surface area contributed by atoms with Gasteiger partial charge >= 0.3 is 0 Å². The Labute approximate surface area is 111 Å².